The lowest BCUT2D eigenvalue weighted by atomic mass is 10.0. The highest BCUT2D eigenvalue weighted by atomic mass is 35.5. The fraction of sp³-hybridized carbons (Fsp3) is 0.286. The molecule has 0 unspecified atom stereocenters. The van der Waals surface area contributed by atoms with E-state index in [2.05, 4.69) is 20.2 Å². The van der Waals surface area contributed by atoms with Gasteiger partial charge < -0.3 is 14.8 Å². The number of aromatic nitrogens is 3. The van der Waals surface area contributed by atoms with E-state index in [0.717, 1.165) is 24.4 Å². The van der Waals surface area contributed by atoms with Crippen LogP contribution in [-0.4, -0.2) is 43.9 Å². The van der Waals surface area contributed by atoms with Crippen molar-refractivity contribution < 1.29 is 9.72 Å². The van der Waals surface area contributed by atoms with Crippen molar-refractivity contribution in [3.8, 4) is 11.3 Å². The number of nitro groups is 1. The molecule has 0 radical (unpaired) electrons. The van der Waals surface area contributed by atoms with E-state index in [1.165, 1.54) is 12.3 Å². The van der Waals surface area contributed by atoms with Crippen LogP contribution in [0.25, 0.3) is 11.3 Å². The third kappa shape index (κ3) is 3.77. The fourth-order valence-electron chi connectivity index (χ4n) is 3.85. The van der Waals surface area contributed by atoms with Crippen LogP contribution >= 0.6 is 11.6 Å². The van der Waals surface area contributed by atoms with Crippen LogP contribution < -0.4 is 5.32 Å². The van der Waals surface area contributed by atoms with Gasteiger partial charge in [-0.25, -0.2) is 4.98 Å². The van der Waals surface area contributed by atoms with Crippen molar-refractivity contribution in [1.82, 2.24) is 19.4 Å². The summed E-state index contributed by atoms with van der Waals surface area (Å²) in [7, 11) is 3.85. The number of benzene rings is 1. The second-order valence-electron chi connectivity index (χ2n) is 7.56. The summed E-state index contributed by atoms with van der Waals surface area (Å²) in [6, 6.07) is 6.32. The van der Waals surface area contributed by atoms with Crippen LogP contribution in [0.15, 0.2) is 30.5 Å². The van der Waals surface area contributed by atoms with Crippen molar-refractivity contribution in [1.29, 1.82) is 0 Å². The molecule has 0 fully saturated rings. The van der Waals surface area contributed by atoms with Crippen molar-refractivity contribution in [3.05, 3.63) is 68.4 Å². The molecule has 2 aromatic heterocycles. The normalized spacial score (nSPS) is 13.7. The zero-order valence-corrected chi connectivity index (χ0v) is 18.1. The number of pyridine rings is 1. The molecule has 0 bridgehead atoms. The van der Waals surface area contributed by atoms with E-state index in [1.54, 1.807) is 25.1 Å². The van der Waals surface area contributed by atoms with Crippen LogP contribution in [0.1, 0.15) is 27.6 Å². The molecule has 0 saturated carbocycles. The Kier molecular flexibility index (Phi) is 5.47. The first-order valence-corrected chi connectivity index (χ1v) is 10.1. The molecule has 0 saturated heterocycles. The van der Waals surface area contributed by atoms with E-state index in [0.29, 0.717) is 34.9 Å². The van der Waals surface area contributed by atoms with Gasteiger partial charge in [-0.3, -0.25) is 19.9 Å². The number of hydrogen-bond acceptors (Lipinski definition) is 6. The van der Waals surface area contributed by atoms with E-state index in [1.807, 2.05) is 18.7 Å². The number of likely N-dealkylation sites (N-methyl/N-ethyl adjacent to an activating group) is 1. The molecule has 1 aromatic carbocycles. The van der Waals surface area contributed by atoms with Crippen LogP contribution in [0.5, 0.6) is 0 Å². The highest BCUT2D eigenvalue weighted by Gasteiger charge is 2.25. The first kappa shape index (κ1) is 21.0. The van der Waals surface area contributed by atoms with Crippen LogP contribution in [0.4, 0.5) is 11.4 Å². The summed E-state index contributed by atoms with van der Waals surface area (Å²) in [5.74, 6) is -0.0735. The van der Waals surface area contributed by atoms with Gasteiger partial charge in [0.15, 0.2) is 5.82 Å². The number of amides is 1. The van der Waals surface area contributed by atoms with Gasteiger partial charge >= 0.3 is 0 Å². The number of imidazole rings is 1. The number of nitrogens with one attached hydrogen (secondary N) is 1. The Hall–Kier alpha value is -3.30. The van der Waals surface area contributed by atoms with Gasteiger partial charge in [0.2, 0.25) is 0 Å². The van der Waals surface area contributed by atoms with Gasteiger partial charge in [-0.15, -0.1) is 0 Å². The lowest BCUT2D eigenvalue weighted by Gasteiger charge is -2.21. The first-order valence-electron chi connectivity index (χ1n) is 9.71. The Labute approximate surface area is 183 Å². The molecule has 3 heterocycles. The number of carbonyl (C=O) groups excluding carboxylic acids is 1. The summed E-state index contributed by atoms with van der Waals surface area (Å²) in [5.41, 5.74) is 3.64. The number of nitrogens with zero attached hydrogens (tertiary/aromatic N) is 5. The van der Waals surface area contributed by atoms with E-state index in [4.69, 9.17) is 11.6 Å². The number of carbonyl (C=O) groups is 1. The Balaban J connectivity index is 1.67. The van der Waals surface area contributed by atoms with Crippen molar-refractivity contribution >= 4 is 28.9 Å². The Morgan fingerprint density at radius 2 is 2.06 bits per heavy atom. The first-order chi connectivity index (χ1) is 14.8. The third-order valence-electron chi connectivity index (χ3n) is 5.54. The van der Waals surface area contributed by atoms with Gasteiger partial charge in [-0.2, -0.15) is 0 Å². The number of hydrogen-bond donors (Lipinski definition) is 1. The summed E-state index contributed by atoms with van der Waals surface area (Å²) in [5, 5.41) is 14.3. The number of fused-ring (bicyclic) bond motifs is 1. The minimum atomic E-state index is -0.446. The van der Waals surface area contributed by atoms with Gasteiger partial charge in [-0.1, -0.05) is 23.7 Å². The van der Waals surface area contributed by atoms with Gasteiger partial charge in [0.1, 0.15) is 0 Å². The average Bonchev–Trinajstić information content (AvgIpc) is 3.05. The second kappa shape index (κ2) is 8.09. The predicted molar refractivity (Wildman–Crippen MR) is 117 cm³/mol. The molecular weight excluding hydrogens is 420 g/mol. The SMILES string of the molecule is Cc1c(-c2nccc(NC(=O)c3nc4c(n3C)CCN(C)C4)c2Cl)cccc1[N+](=O)[O-]. The van der Waals surface area contributed by atoms with Gasteiger partial charge in [0, 0.05) is 55.6 Å². The largest absolute Gasteiger partial charge is 0.327 e. The average molecular weight is 441 g/mol. The summed E-state index contributed by atoms with van der Waals surface area (Å²) in [6.45, 7) is 3.25. The summed E-state index contributed by atoms with van der Waals surface area (Å²) in [4.78, 5) is 34.8. The molecule has 1 amide bonds. The monoisotopic (exact) mass is 440 g/mol. The molecule has 1 aliphatic rings. The molecule has 0 spiro atoms. The molecule has 0 aliphatic carbocycles. The molecule has 10 heteroatoms. The number of anilines is 1. The lowest BCUT2D eigenvalue weighted by Crippen LogP contribution is -2.27. The Morgan fingerprint density at radius 1 is 1.29 bits per heavy atom. The zero-order chi connectivity index (χ0) is 22.3. The minimum absolute atomic E-state index is 0.0200. The number of rotatable bonds is 4. The molecule has 1 N–H and O–H groups in total. The predicted octanol–water partition coefficient (Wildman–Crippen LogP) is 3.59. The van der Waals surface area contributed by atoms with E-state index < -0.39 is 4.92 Å². The molecular formula is C21H21ClN6O3. The molecule has 4 rings (SSSR count). The maximum absolute atomic E-state index is 13.0. The van der Waals surface area contributed by atoms with Gasteiger partial charge in [-0.05, 0) is 20.0 Å². The molecule has 160 valence electrons. The van der Waals surface area contributed by atoms with Crippen molar-refractivity contribution in [3.63, 3.8) is 0 Å². The van der Waals surface area contributed by atoms with Crippen molar-refractivity contribution in [2.75, 3.05) is 18.9 Å². The zero-order valence-electron chi connectivity index (χ0n) is 17.3. The second-order valence-corrected chi connectivity index (χ2v) is 7.94. The maximum atomic E-state index is 13.0. The van der Waals surface area contributed by atoms with Crippen molar-refractivity contribution in [2.45, 2.75) is 19.9 Å². The molecule has 9 nitrogen and oxygen atoms in total. The Morgan fingerprint density at radius 3 is 2.81 bits per heavy atom. The van der Waals surface area contributed by atoms with Crippen LogP contribution in [0.2, 0.25) is 5.02 Å². The molecule has 0 atom stereocenters. The maximum Gasteiger partial charge on any atom is 0.291 e. The fourth-order valence-corrected chi connectivity index (χ4v) is 4.11. The summed E-state index contributed by atoms with van der Waals surface area (Å²) >= 11 is 6.56. The highest BCUT2D eigenvalue weighted by Crippen LogP contribution is 2.36. The number of halogens is 1. The number of nitro benzene ring substituents is 1. The van der Waals surface area contributed by atoms with E-state index in [9.17, 15) is 14.9 Å². The Bertz CT molecular complexity index is 1210. The summed E-state index contributed by atoms with van der Waals surface area (Å²) in [6.07, 6.45) is 2.34. The lowest BCUT2D eigenvalue weighted by molar-refractivity contribution is -0.385. The minimum Gasteiger partial charge on any atom is -0.327 e. The van der Waals surface area contributed by atoms with Crippen molar-refractivity contribution in [2.24, 2.45) is 7.05 Å². The van der Waals surface area contributed by atoms with E-state index >= 15 is 0 Å². The van der Waals surface area contributed by atoms with E-state index in [-0.39, 0.29) is 16.6 Å². The third-order valence-corrected chi connectivity index (χ3v) is 5.93. The topological polar surface area (TPSA) is 106 Å². The quantitative estimate of drug-likeness (QED) is 0.490. The van der Waals surface area contributed by atoms with Crippen LogP contribution in [0, 0.1) is 17.0 Å². The van der Waals surface area contributed by atoms with Gasteiger partial charge in [0.05, 0.1) is 27.0 Å². The summed E-state index contributed by atoms with van der Waals surface area (Å²) < 4.78 is 1.82. The van der Waals surface area contributed by atoms with Gasteiger partial charge in [0.25, 0.3) is 11.6 Å². The molecule has 3 aromatic rings. The smallest absolute Gasteiger partial charge is 0.291 e. The molecule has 31 heavy (non-hydrogen) atoms. The molecule has 1 aliphatic heterocycles. The highest BCUT2D eigenvalue weighted by molar-refractivity contribution is 6.36. The van der Waals surface area contributed by atoms with Crippen LogP contribution in [0.3, 0.4) is 0 Å². The van der Waals surface area contributed by atoms with Crippen LogP contribution in [-0.2, 0) is 20.0 Å². The standard InChI is InChI=1S/C21H21ClN6O3/c1-12-13(5-4-6-16(12)28(30)31)19-18(22)14(7-9-23-19)25-21(29)20-24-15-11-26(2)10-8-17(15)27(20)3/h4-7,9H,8,10-11H2,1-3H3,(H,23,25,29).